The minimum atomic E-state index is -0.0310. The van der Waals surface area contributed by atoms with Gasteiger partial charge in [0, 0.05) is 23.7 Å². The van der Waals surface area contributed by atoms with Crippen molar-refractivity contribution in [3.8, 4) is 0 Å². The van der Waals surface area contributed by atoms with Gasteiger partial charge in [-0.05, 0) is 47.4 Å². The van der Waals surface area contributed by atoms with Crippen LogP contribution in [0.4, 0.5) is 0 Å². The van der Waals surface area contributed by atoms with Crippen LogP contribution in [0, 0.1) is 0 Å². The number of carbonyl (C=O) groups is 1. The van der Waals surface area contributed by atoms with Gasteiger partial charge in [-0.25, -0.2) is 0 Å². The third-order valence-electron chi connectivity index (χ3n) is 4.09. The van der Waals surface area contributed by atoms with Gasteiger partial charge >= 0.3 is 0 Å². The van der Waals surface area contributed by atoms with Crippen molar-refractivity contribution in [2.45, 2.75) is 32.5 Å². The Morgan fingerprint density at radius 1 is 1.18 bits per heavy atom. The molecule has 0 saturated heterocycles. The van der Waals surface area contributed by atoms with Crippen molar-refractivity contribution in [2.24, 2.45) is 0 Å². The zero-order valence-corrected chi connectivity index (χ0v) is 13.3. The van der Waals surface area contributed by atoms with Crippen LogP contribution >= 0.6 is 11.6 Å². The van der Waals surface area contributed by atoms with E-state index in [1.54, 1.807) is 0 Å². The average Bonchev–Trinajstić information content (AvgIpc) is 3.01. The fraction of sp³-hybridized carbons (Fsp3) is 0.278. The topological polar surface area (TPSA) is 41.1 Å². The van der Waals surface area contributed by atoms with Crippen molar-refractivity contribution in [2.75, 3.05) is 0 Å². The van der Waals surface area contributed by atoms with E-state index < -0.39 is 0 Å². The first-order valence-electron chi connectivity index (χ1n) is 7.56. The Balaban J connectivity index is 1.76. The van der Waals surface area contributed by atoms with E-state index in [2.05, 4.69) is 17.6 Å². The van der Waals surface area contributed by atoms with Crippen molar-refractivity contribution in [1.82, 2.24) is 10.6 Å². The van der Waals surface area contributed by atoms with Gasteiger partial charge in [0.1, 0.15) is 0 Å². The molecule has 1 amide bonds. The molecular formula is C18H19ClN2O. The van der Waals surface area contributed by atoms with Crippen molar-refractivity contribution >= 4 is 17.5 Å². The summed E-state index contributed by atoms with van der Waals surface area (Å²) in [6.07, 6.45) is 0.833. The number of hydrogen-bond donors (Lipinski definition) is 2. The molecule has 114 valence electrons. The predicted octanol–water partition coefficient (Wildman–Crippen LogP) is 3.82. The van der Waals surface area contributed by atoms with Gasteiger partial charge in [0.25, 0.3) is 5.91 Å². The summed E-state index contributed by atoms with van der Waals surface area (Å²) in [6, 6.07) is 13.5. The molecule has 0 aromatic heterocycles. The van der Waals surface area contributed by atoms with Crippen LogP contribution in [-0.2, 0) is 13.1 Å². The van der Waals surface area contributed by atoms with E-state index in [-0.39, 0.29) is 11.9 Å². The van der Waals surface area contributed by atoms with Gasteiger partial charge in [0.05, 0.1) is 6.04 Å². The second kappa shape index (κ2) is 6.51. The lowest BCUT2D eigenvalue weighted by Crippen LogP contribution is -2.28. The summed E-state index contributed by atoms with van der Waals surface area (Å²) in [6.45, 7) is 3.79. The number of amides is 1. The number of fused-ring (bicyclic) bond motifs is 1. The summed E-state index contributed by atoms with van der Waals surface area (Å²) >= 11 is 5.92. The third kappa shape index (κ3) is 3.16. The van der Waals surface area contributed by atoms with Gasteiger partial charge in [-0.3, -0.25) is 4.79 Å². The van der Waals surface area contributed by atoms with Gasteiger partial charge in [-0.2, -0.15) is 0 Å². The van der Waals surface area contributed by atoms with E-state index in [4.69, 9.17) is 11.6 Å². The molecule has 22 heavy (non-hydrogen) atoms. The highest BCUT2D eigenvalue weighted by Crippen LogP contribution is 2.21. The Bertz CT molecular complexity index is 682. The van der Waals surface area contributed by atoms with Gasteiger partial charge in [0.2, 0.25) is 0 Å². The quantitative estimate of drug-likeness (QED) is 0.900. The second-order valence-electron chi connectivity index (χ2n) is 5.57. The molecule has 1 atom stereocenters. The van der Waals surface area contributed by atoms with Crippen LogP contribution in [0.5, 0.6) is 0 Å². The molecule has 1 unspecified atom stereocenters. The van der Waals surface area contributed by atoms with Crippen molar-refractivity contribution in [3.05, 3.63) is 69.7 Å². The van der Waals surface area contributed by atoms with E-state index in [0.29, 0.717) is 5.02 Å². The largest absolute Gasteiger partial charge is 0.345 e. The summed E-state index contributed by atoms with van der Waals surface area (Å²) in [5.41, 5.74) is 4.28. The molecule has 0 spiro atoms. The fourth-order valence-corrected chi connectivity index (χ4v) is 2.92. The monoisotopic (exact) mass is 314 g/mol. The minimum absolute atomic E-state index is 0.00357. The van der Waals surface area contributed by atoms with Crippen LogP contribution in [0.15, 0.2) is 42.5 Å². The first kappa shape index (κ1) is 15.1. The lowest BCUT2D eigenvalue weighted by Gasteiger charge is -2.18. The van der Waals surface area contributed by atoms with E-state index in [1.807, 2.05) is 42.5 Å². The number of carbonyl (C=O) groups excluding carboxylic acids is 1. The summed E-state index contributed by atoms with van der Waals surface area (Å²) in [5.74, 6) is -0.0310. The number of nitrogens with one attached hydrogen (secondary N) is 2. The second-order valence-corrected chi connectivity index (χ2v) is 6.01. The lowest BCUT2D eigenvalue weighted by atomic mass is 10.0. The molecule has 0 radical (unpaired) electrons. The van der Waals surface area contributed by atoms with Crippen LogP contribution in [0.3, 0.4) is 0 Å². The Labute approximate surface area is 135 Å². The van der Waals surface area contributed by atoms with E-state index in [0.717, 1.165) is 30.6 Å². The van der Waals surface area contributed by atoms with E-state index in [1.165, 1.54) is 11.1 Å². The molecule has 1 aliphatic rings. The molecule has 4 heteroatoms. The molecule has 1 aliphatic heterocycles. The maximum atomic E-state index is 12.5. The molecule has 0 aliphatic carbocycles. The van der Waals surface area contributed by atoms with Gasteiger partial charge in [0.15, 0.2) is 0 Å². The molecule has 2 N–H and O–H groups in total. The molecule has 3 rings (SSSR count). The standard InChI is InChI=1S/C18H19ClN2O/c1-2-17(12-5-7-16(19)8-6-12)21-18(22)13-3-4-14-10-20-11-15(14)9-13/h3-9,17,20H,2,10-11H2,1H3,(H,21,22). The van der Waals surface area contributed by atoms with Crippen LogP contribution < -0.4 is 10.6 Å². The minimum Gasteiger partial charge on any atom is -0.345 e. The average molecular weight is 315 g/mol. The van der Waals surface area contributed by atoms with Crippen molar-refractivity contribution < 1.29 is 4.79 Å². The summed E-state index contributed by atoms with van der Waals surface area (Å²) in [5, 5.41) is 7.10. The number of hydrogen-bond acceptors (Lipinski definition) is 2. The highest BCUT2D eigenvalue weighted by molar-refractivity contribution is 6.30. The SMILES string of the molecule is CCC(NC(=O)c1ccc2c(c1)CNC2)c1ccc(Cl)cc1. The molecule has 0 bridgehead atoms. The first-order valence-corrected chi connectivity index (χ1v) is 7.94. The van der Waals surface area contributed by atoms with Crippen LogP contribution in [0.25, 0.3) is 0 Å². The van der Waals surface area contributed by atoms with E-state index in [9.17, 15) is 4.79 Å². The van der Waals surface area contributed by atoms with E-state index >= 15 is 0 Å². The van der Waals surface area contributed by atoms with Crippen LogP contribution in [0.2, 0.25) is 5.02 Å². The highest BCUT2D eigenvalue weighted by Gasteiger charge is 2.17. The molecule has 3 nitrogen and oxygen atoms in total. The highest BCUT2D eigenvalue weighted by atomic mass is 35.5. The van der Waals surface area contributed by atoms with Gasteiger partial charge in [-0.15, -0.1) is 0 Å². The van der Waals surface area contributed by atoms with Gasteiger partial charge < -0.3 is 10.6 Å². The molecule has 0 fully saturated rings. The van der Waals surface area contributed by atoms with Gasteiger partial charge in [-0.1, -0.05) is 36.7 Å². The number of benzene rings is 2. The molecule has 0 saturated carbocycles. The van der Waals surface area contributed by atoms with Crippen molar-refractivity contribution in [1.29, 1.82) is 0 Å². The van der Waals surface area contributed by atoms with Crippen LogP contribution in [0.1, 0.15) is 46.4 Å². The molecule has 1 heterocycles. The Kier molecular flexibility index (Phi) is 4.46. The van der Waals surface area contributed by atoms with Crippen LogP contribution in [-0.4, -0.2) is 5.91 Å². The Hall–Kier alpha value is -1.84. The maximum absolute atomic E-state index is 12.5. The Morgan fingerprint density at radius 3 is 2.64 bits per heavy atom. The summed E-state index contributed by atoms with van der Waals surface area (Å²) in [7, 11) is 0. The zero-order valence-electron chi connectivity index (χ0n) is 12.5. The number of rotatable bonds is 4. The molecule has 2 aromatic rings. The lowest BCUT2D eigenvalue weighted by molar-refractivity contribution is 0.0935. The predicted molar refractivity (Wildman–Crippen MR) is 88.9 cm³/mol. The summed E-state index contributed by atoms with van der Waals surface area (Å²) in [4.78, 5) is 12.5. The Morgan fingerprint density at radius 2 is 1.91 bits per heavy atom. The van der Waals surface area contributed by atoms with Crippen molar-refractivity contribution in [3.63, 3.8) is 0 Å². The zero-order chi connectivity index (χ0) is 15.5. The third-order valence-corrected chi connectivity index (χ3v) is 4.34. The summed E-state index contributed by atoms with van der Waals surface area (Å²) < 4.78 is 0. The normalized spacial score (nSPS) is 14.5. The molecular weight excluding hydrogens is 296 g/mol. The fourth-order valence-electron chi connectivity index (χ4n) is 2.79. The number of halogens is 1. The molecule has 2 aromatic carbocycles. The maximum Gasteiger partial charge on any atom is 0.251 e. The first-order chi connectivity index (χ1) is 10.7. The smallest absolute Gasteiger partial charge is 0.251 e.